The fourth-order valence-electron chi connectivity index (χ4n) is 4.56. The number of rotatable bonds is 9. The standard InChI is InChI=1S/C27H34FN3O4/c1-15(14-27(3,4)5)25-21(11-10-19(32)12-20(33)13-22(34)35)24(17-6-8-18(28)9-7-17)23-16(2)30-31-26(23)29-25/h6-11,15,19-20,32-33H,12-14H2,1-5H3,(H,34,35)(H,29,30,31)/b11-10+. The molecule has 0 saturated heterocycles. The molecule has 0 radical (unpaired) electrons. The van der Waals surface area contributed by atoms with Gasteiger partial charge in [0, 0.05) is 23.2 Å². The number of nitrogens with zero attached hydrogens (tertiary/aromatic N) is 2. The predicted octanol–water partition coefficient (Wildman–Crippen LogP) is 5.21. The van der Waals surface area contributed by atoms with Crippen molar-refractivity contribution in [3.8, 4) is 11.1 Å². The van der Waals surface area contributed by atoms with Gasteiger partial charge in [0.1, 0.15) is 5.82 Å². The lowest BCUT2D eigenvalue weighted by Gasteiger charge is -2.25. The number of carbonyl (C=O) groups is 1. The zero-order valence-corrected chi connectivity index (χ0v) is 20.8. The monoisotopic (exact) mass is 483 g/mol. The third kappa shape index (κ3) is 6.74. The fraction of sp³-hybridized carbons (Fsp3) is 0.444. The first-order valence-electron chi connectivity index (χ1n) is 11.8. The maximum absolute atomic E-state index is 13.8. The Balaban J connectivity index is 2.19. The third-order valence-corrected chi connectivity index (χ3v) is 5.88. The van der Waals surface area contributed by atoms with Crippen LogP contribution in [0.25, 0.3) is 28.2 Å². The molecule has 2 aromatic heterocycles. The Bertz CT molecular complexity index is 1210. The Kier molecular flexibility index (Phi) is 8.07. The van der Waals surface area contributed by atoms with Gasteiger partial charge < -0.3 is 15.3 Å². The highest BCUT2D eigenvalue weighted by Gasteiger charge is 2.25. The zero-order valence-electron chi connectivity index (χ0n) is 20.8. The van der Waals surface area contributed by atoms with Gasteiger partial charge in [-0.3, -0.25) is 9.89 Å². The van der Waals surface area contributed by atoms with Gasteiger partial charge in [-0.2, -0.15) is 5.10 Å². The van der Waals surface area contributed by atoms with E-state index in [9.17, 15) is 19.4 Å². The first kappa shape index (κ1) is 26.5. The van der Waals surface area contributed by atoms with Crippen LogP contribution in [0.3, 0.4) is 0 Å². The molecule has 3 aromatic rings. The quantitative estimate of drug-likeness (QED) is 0.332. The summed E-state index contributed by atoms with van der Waals surface area (Å²) < 4.78 is 13.8. The summed E-state index contributed by atoms with van der Waals surface area (Å²) in [5, 5.41) is 37.5. The number of halogens is 1. The van der Waals surface area contributed by atoms with E-state index in [1.165, 1.54) is 12.1 Å². The van der Waals surface area contributed by atoms with Crippen molar-refractivity contribution in [2.24, 2.45) is 5.41 Å². The van der Waals surface area contributed by atoms with E-state index in [2.05, 4.69) is 37.9 Å². The van der Waals surface area contributed by atoms with Crippen LogP contribution in [-0.4, -0.2) is 48.7 Å². The van der Waals surface area contributed by atoms with Gasteiger partial charge in [-0.05, 0) is 42.4 Å². The molecule has 4 N–H and O–H groups in total. The molecule has 7 nitrogen and oxygen atoms in total. The molecule has 0 amide bonds. The second-order valence-electron chi connectivity index (χ2n) is 10.4. The van der Waals surface area contributed by atoms with Crippen molar-refractivity contribution in [1.82, 2.24) is 15.2 Å². The average Bonchev–Trinajstić information content (AvgIpc) is 3.10. The van der Waals surface area contributed by atoms with Crippen molar-refractivity contribution in [1.29, 1.82) is 0 Å². The van der Waals surface area contributed by atoms with Crippen LogP contribution in [0.4, 0.5) is 4.39 Å². The summed E-state index contributed by atoms with van der Waals surface area (Å²) in [6.45, 7) is 10.5. The smallest absolute Gasteiger partial charge is 0.305 e. The van der Waals surface area contributed by atoms with E-state index in [4.69, 9.17) is 10.1 Å². The highest BCUT2D eigenvalue weighted by molar-refractivity contribution is 5.99. The Hall–Kier alpha value is -3.10. The molecule has 0 aliphatic rings. The largest absolute Gasteiger partial charge is 0.481 e. The molecule has 188 valence electrons. The second-order valence-corrected chi connectivity index (χ2v) is 10.4. The third-order valence-electron chi connectivity index (χ3n) is 5.88. The number of aliphatic hydroxyl groups excluding tert-OH is 2. The van der Waals surface area contributed by atoms with Gasteiger partial charge in [0.2, 0.25) is 0 Å². The van der Waals surface area contributed by atoms with E-state index >= 15 is 0 Å². The lowest BCUT2D eigenvalue weighted by Crippen LogP contribution is -2.19. The highest BCUT2D eigenvalue weighted by atomic mass is 19.1. The van der Waals surface area contributed by atoms with Crippen molar-refractivity contribution in [2.75, 3.05) is 0 Å². The Morgan fingerprint density at radius 1 is 1.20 bits per heavy atom. The SMILES string of the molecule is Cc1[nH]nc2nc(C(C)CC(C)(C)C)c(/C=C/C(O)CC(O)CC(=O)O)c(-c3ccc(F)cc3)c12. The molecule has 3 atom stereocenters. The van der Waals surface area contributed by atoms with Crippen LogP contribution >= 0.6 is 0 Å². The van der Waals surface area contributed by atoms with E-state index in [1.807, 2.05) is 6.92 Å². The van der Waals surface area contributed by atoms with Crippen LogP contribution in [0, 0.1) is 18.2 Å². The Morgan fingerprint density at radius 2 is 1.86 bits per heavy atom. The van der Waals surface area contributed by atoms with Crippen molar-refractivity contribution in [2.45, 2.75) is 72.0 Å². The number of aliphatic hydroxyl groups is 2. The molecule has 3 rings (SSSR count). The second kappa shape index (κ2) is 10.7. The highest BCUT2D eigenvalue weighted by Crippen LogP contribution is 2.40. The minimum Gasteiger partial charge on any atom is -0.481 e. The number of hydrogen-bond acceptors (Lipinski definition) is 5. The molecule has 0 fully saturated rings. The van der Waals surface area contributed by atoms with Crippen LogP contribution in [0.5, 0.6) is 0 Å². The first-order valence-corrected chi connectivity index (χ1v) is 11.8. The molecule has 1 aromatic carbocycles. The van der Waals surface area contributed by atoms with Gasteiger partial charge in [0.25, 0.3) is 0 Å². The molecule has 8 heteroatoms. The molecule has 0 spiro atoms. The van der Waals surface area contributed by atoms with Crippen LogP contribution in [0.1, 0.15) is 69.8 Å². The molecule has 35 heavy (non-hydrogen) atoms. The number of aryl methyl sites for hydroxylation is 1. The summed E-state index contributed by atoms with van der Waals surface area (Å²) >= 11 is 0. The molecule has 2 heterocycles. The molecular weight excluding hydrogens is 449 g/mol. The van der Waals surface area contributed by atoms with Gasteiger partial charge in [-0.1, -0.05) is 52.0 Å². The Morgan fingerprint density at radius 3 is 2.46 bits per heavy atom. The van der Waals surface area contributed by atoms with Gasteiger partial charge in [0.05, 0.1) is 29.7 Å². The van der Waals surface area contributed by atoms with Crippen molar-refractivity contribution in [3.63, 3.8) is 0 Å². The number of benzene rings is 1. The fourth-order valence-corrected chi connectivity index (χ4v) is 4.56. The number of aliphatic carboxylic acids is 1. The minimum absolute atomic E-state index is 0.0367. The molecule has 0 aliphatic heterocycles. The first-order chi connectivity index (χ1) is 16.4. The van der Waals surface area contributed by atoms with Gasteiger partial charge in [0.15, 0.2) is 5.65 Å². The van der Waals surface area contributed by atoms with Crippen LogP contribution in [0.2, 0.25) is 0 Å². The van der Waals surface area contributed by atoms with Crippen LogP contribution < -0.4 is 0 Å². The number of aromatic amines is 1. The molecule has 3 unspecified atom stereocenters. The van der Waals surface area contributed by atoms with Gasteiger partial charge in [-0.25, -0.2) is 9.37 Å². The number of aromatic nitrogens is 3. The molecule has 0 bridgehead atoms. The van der Waals surface area contributed by atoms with E-state index in [1.54, 1.807) is 24.3 Å². The number of carboxylic acids is 1. The molecular formula is C27H34FN3O4. The zero-order chi connectivity index (χ0) is 25.9. The number of carboxylic acid groups (broad SMARTS) is 1. The van der Waals surface area contributed by atoms with Crippen molar-refractivity contribution < 1.29 is 24.5 Å². The number of fused-ring (bicyclic) bond motifs is 1. The van der Waals surface area contributed by atoms with Crippen LogP contribution in [-0.2, 0) is 4.79 Å². The van der Waals surface area contributed by atoms with Gasteiger partial charge >= 0.3 is 5.97 Å². The van der Waals surface area contributed by atoms with Crippen molar-refractivity contribution >= 4 is 23.1 Å². The van der Waals surface area contributed by atoms with Crippen LogP contribution in [0.15, 0.2) is 30.3 Å². The van der Waals surface area contributed by atoms with Crippen molar-refractivity contribution in [3.05, 3.63) is 53.1 Å². The summed E-state index contributed by atoms with van der Waals surface area (Å²) in [6.07, 6.45) is 1.38. The summed E-state index contributed by atoms with van der Waals surface area (Å²) in [5.41, 5.74) is 4.60. The summed E-state index contributed by atoms with van der Waals surface area (Å²) in [4.78, 5) is 15.7. The van der Waals surface area contributed by atoms with Gasteiger partial charge in [-0.15, -0.1) is 0 Å². The summed E-state index contributed by atoms with van der Waals surface area (Å²) in [6, 6.07) is 6.22. The van der Waals surface area contributed by atoms with E-state index in [-0.39, 0.29) is 23.6 Å². The van der Waals surface area contributed by atoms with E-state index in [0.717, 1.165) is 39.9 Å². The molecule has 0 saturated carbocycles. The molecule has 0 aliphatic carbocycles. The minimum atomic E-state index is -1.17. The Labute approximate surface area is 204 Å². The summed E-state index contributed by atoms with van der Waals surface area (Å²) in [7, 11) is 0. The van der Waals surface area contributed by atoms with E-state index in [0.29, 0.717) is 5.65 Å². The van der Waals surface area contributed by atoms with E-state index < -0.39 is 24.6 Å². The summed E-state index contributed by atoms with van der Waals surface area (Å²) in [5.74, 6) is -1.43. The number of hydrogen-bond donors (Lipinski definition) is 4. The average molecular weight is 484 g/mol. The maximum atomic E-state index is 13.8. The lowest BCUT2D eigenvalue weighted by molar-refractivity contribution is -0.139. The maximum Gasteiger partial charge on any atom is 0.305 e. The topological polar surface area (TPSA) is 119 Å². The lowest BCUT2D eigenvalue weighted by atomic mass is 9.81. The normalized spacial score (nSPS) is 15.0. The predicted molar refractivity (Wildman–Crippen MR) is 134 cm³/mol. The number of nitrogens with one attached hydrogen (secondary N) is 1. The number of pyridine rings is 1. The number of H-pyrrole nitrogens is 1.